The summed E-state index contributed by atoms with van der Waals surface area (Å²) >= 11 is 7.59. The fourth-order valence-electron chi connectivity index (χ4n) is 2.57. The molecule has 7 heteroatoms. The van der Waals surface area contributed by atoms with Crippen LogP contribution in [-0.2, 0) is 6.42 Å². The molecule has 0 aliphatic heterocycles. The fraction of sp³-hybridized carbons (Fsp3) is 0.111. The Kier molecular flexibility index (Phi) is 4.29. The van der Waals surface area contributed by atoms with Gasteiger partial charge in [-0.3, -0.25) is 10.1 Å². The third-order valence-electron chi connectivity index (χ3n) is 3.76. The maximum atomic E-state index is 5.98. The van der Waals surface area contributed by atoms with Crippen LogP contribution >= 0.6 is 22.9 Å². The molecule has 0 spiro atoms. The number of hydrogen-bond donors (Lipinski definition) is 1. The molecule has 3 aromatic heterocycles. The number of aryl methyl sites for hydroxylation is 1. The molecule has 25 heavy (non-hydrogen) atoms. The summed E-state index contributed by atoms with van der Waals surface area (Å²) in [4.78, 5) is 14.4. The average Bonchev–Trinajstić information content (AvgIpc) is 3.26. The second-order valence-electron chi connectivity index (χ2n) is 5.62. The summed E-state index contributed by atoms with van der Waals surface area (Å²) in [7, 11) is 0. The van der Waals surface area contributed by atoms with Crippen LogP contribution in [0.15, 0.2) is 48.9 Å². The van der Waals surface area contributed by atoms with Gasteiger partial charge in [0.05, 0.1) is 10.6 Å². The summed E-state index contributed by atoms with van der Waals surface area (Å²) in [6.07, 6.45) is 4.02. The van der Waals surface area contributed by atoms with Gasteiger partial charge >= 0.3 is 0 Å². The van der Waals surface area contributed by atoms with E-state index in [0.29, 0.717) is 6.42 Å². The van der Waals surface area contributed by atoms with Gasteiger partial charge in [0, 0.05) is 28.9 Å². The molecule has 0 fully saturated rings. The number of rotatable bonds is 4. The van der Waals surface area contributed by atoms with Gasteiger partial charge in [0.2, 0.25) is 0 Å². The van der Waals surface area contributed by atoms with E-state index in [9.17, 15) is 0 Å². The van der Waals surface area contributed by atoms with Crippen molar-refractivity contribution in [3.05, 3.63) is 70.9 Å². The molecule has 0 unspecified atom stereocenters. The third kappa shape index (κ3) is 3.45. The molecule has 4 aromatic rings. The molecule has 0 atom stereocenters. The number of H-pyrrole nitrogens is 1. The van der Waals surface area contributed by atoms with Crippen LogP contribution in [0.1, 0.15) is 17.0 Å². The highest BCUT2D eigenvalue weighted by molar-refractivity contribution is 7.18. The molecule has 0 bridgehead atoms. The van der Waals surface area contributed by atoms with Crippen molar-refractivity contribution in [3.63, 3.8) is 0 Å². The first-order chi connectivity index (χ1) is 12.2. The molecule has 0 saturated carbocycles. The Morgan fingerprint density at radius 3 is 2.68 bits per heavy atom. The van der Waals surface area contributed by atoms with Crippen molar-refractivity contribution in [2.24, 2.45) is 0 Å². The number of halogens is 1. The van der Waals surface area contributed by atoms with E-state index in [1.54, 1.807) is 17.5 Å². The Hall–Kier alpha value is -2.57. The molecule has 3 heterocycles. The Balaban J connectivity index is 1.77. The summed E-state index contributed by atoms with van der Waals surface area (Å²) in [5.41, 5.74) is 4.13. The highest BCUT2D eigenvalue weighted by Crippen LogP contribution is 2.35. The van der Waals surface area contributed by atoms with E-state index < -0.39 is 0 Å². The van der Waals surface area contributed by atoms with Crippen molar-refractivity contribution in [2.75, 3.05) is 0 Å². The van der Waals surface area contributed by atoms with E-state index in [1.165, 1.54) is 6.33 Å². The van der Waals surface area contributed by atoms with Gasteiger partial charge < -0.3 is 0 Å². The number of aromatic amines is 1. The molecule has 124 valence electrons. The van der Waals surface area contributed by atoms with Crippen molar-refractivity contribution < 1.29 is 0 Å². The molecule has 0 radical (unpaired) electrons. The van der Waals surface area contributed by atoms with E-state index in [2.05, 4.69) is 20.2 Å². The predicted molar refractivity (Wildman–Crippen MR) is 99.7 cm³/mol. The van der Waals surface area contributed by atoms with Crippen molar-refractivity contribution >= 4 is 22.9 Å². The smallest absolute Gasteiger partial charge is 0.167 e. The molecule has 0 aliphatic carbocycles. The molecule has 0 saturated heterocycles. The van der Waals surface area contributed by atoms with Gasteiger partial charge in [-0.25, -0.2) is 9.97 Å². The van der Waals surface area contributed by atoms with E-state index in [0.717, 1.165) is 43.2 Å². The summed E-state index contributed by atoms with van der Waals surface area (Å²) in [5, 5.41) is 8.58. The minimum absolute atomic E-state index is 0.702. The van der Waals surface area contributed by atoms with Crippen LogP contribution in [0.3, 0.4) is 0 Å². The zero-order valence-corrected chi connectivity index (χ0v) is 15.0. The lowest BCUT2D eigenvalue weighted by molar-refractivity contribution is 1.08. The minimum atomic E-state index is 0.702. The molecule has 0 aliphatic rings. The molecular formula is C18H14ClN5S. The third-order valence-corrected chi connectivity index (χ3v) is 5.16. The normalized spacial score (nSPS) is 11.0. The lowest BCUT2D eigenvalue weighted by Gasteiger charge is -2.01. The maximum Gasteiger partial charge on any atom is 0.167 e. The lowest BCUT2D eigenvalue weighted by atomic mass is 10.1. The molecule has 1 N–H and O–H groups in total. The predicted octanol–water partition coefficient (Wildman–Crippen LogP) is 4.54. The van der Waals surface area contributed by atoms with Crippen LogP contribution in [0.4, 0.5) is 0 Å². The largest absolute Gasteiger partial charge is 0.262 e. The number of thiazole rings is 1. The zero-order chi connectivity index (χ0) is 17.2. The molecular weight excluding hydrogens is 354 g/mol. The number of pyridine rings is 1. The Labute approximate surface area is 153 Å². The van der Waals surface area contributed by atoms with Gasteiger partial charge in [0.25, 0.3) is 0 Å². The van der Waals surface area contributed by atoms with Crippen LogP contribution in [0.5, 0.6) is 0 Å². The van der Waals surface area contributed by atoms with Gasteiger partial charge in [-0.1, -0.05) is 23.7 Å². The molecule has 0 amide bonds. The first kappa shape index (κ1) is 15.9. The van der Waals surface area contributed by atoms with Gasteiger partial charge in [0.1, 0.15) is 11.3 Å². The first-order valence-electron chi connectivity index (χ1n) is 7.72. The van der Waals surface area contributed by atoms with Crippen LogP contribution in [0, 0.1) is 6.92 Å². The SMILES string of the molecule is Cc1cc(-c2nc(Cc3ccc(Cl)cc3)c(-c3ncn[nH]3)s2)ccn1. The summed E-state index contributed by atoms with van der Waals surface area (Å²) < 4.78 is 0. The number of hydrogen-bond acceptors (Lipinski definition) is 5. The lowest BCUT2D eigenvalue weighted by Crippen LogP contribution is -1.92. The van der Waals surface area contributed by atoms with Crippen LogP contribution in [0.2, 0.25) is 5.02 Å². The summed E-state index contributed by atoms with van der Waals surface area (Å²) in [6.45, 7) is 1.98. The van der Waals surface area contributed by atoms with E-state index in [-0.39, 0.29) is 0 Å². The number of aromatic nitrogens is 5. The molecule has 1 aromatic carbocycles. The Morgan fingerprint density at radius 1 is 1.12 bits per heavy atom. The van der Waals surface area contributed by atoms with Gasteiger partial charge in [-0.2, -0.15) is 5.10 Å². The average molecular weight is 368 g/mol. The van der Waals surface area contributed by atoms with Crippen molar-refractivity contribution in [2.45, 2.75) is 13.3 Å². The quantitative estimate of drug-likeness (QED) is 0.574. The highest BCUT2D eigenvalue weighted by Gasteiger charge is 2.17. The Morgan fingerprint density at radius 2 is 1.96 bits per heavy atom. The minimum Gasteiger partial charge on any atom is -0.262 e. The molecule has 5 nitrogen and oxygen atoms in total. The van der Waals surface area contributed by atoms with E-state index in [4.69, 9.17) is 16.6 Å². The van der Waals surface area contributed by atoms with Gasteiger partial charge in [0.15, 0.2) is 5.82 Å². The van der Waals surface area contributed by atoms with Crippen LogP contribution < -0.4 is 0 Å². The van der Waals surface area contributed by atoms with Crippen molar-refractivity contribution in [1.82, 2.24) is 25.1 Å². The topological polar surface area (TPSA) is 67.3 Å². The van der Waals surface area contributed by atoms with Crippen LogP contribution in [-0.4, -0.2) is 25.1 Å². The molecule has 4 rings (SSSR count). The van der Waals surface area contributed by atoms with Crippen molar-refractivity contribution in [1.29, 1.82) is 0 Å². The van der Waals surface area contributed by atoms with Crippen molar-refractivity contribution in [3.8, 4) is 21.3 Å². The van der Waals surface area contributed by atoms with E-state index in [1.807, 2.05) is 43.3 Å². The number of nitrogens with one attached hydrogen (secondary N) is 1. The fourth-order valence-corrected chi connectivity index (χ4v) is 3.72. The maximum absolute atomic E-state index is 5.98. The standard InChI is InChI=1S/C18H14ClN5S/c1-11-8-13(6-7-20-11)18-23-15(9-12-2-4-14(19)5-3-12)16(25-18)17-21-10-22-24-17/h2-8,10H,9H2,1H3,(H,21,22,24). The monoisotopic (exact) mass is 367 g/mol. The highest BCUT2D eigenvalue weighted by atomic mass is 35.5. The van der Waals surface area contributed by atoms with Gasteiger partial charge in [-0.05, 0) is 36.8 Å². The second kappa shape index (κ2) is 6.74. The summed E-state index contributed by atoms with van der Waals surface area (Å²) in [5.74, 6) is 0.735. The second-order valence-corrected chi connectivity index (χ2v) is 7.05. The number of benzene rings is 1. The van der Waals surface area contributed by atoms with Crippen LogP contribution in [0.25, 0.3) is 21.3 Å². The first-order valence-corrected chi connectivity index (χ1v) is 8.91. The summed E-state index contributed by atoms with van der Waals surface area (Å²) in [6, 6.07) is 11.8. The number of nitrogens with zero attached hydrogens (tertiary/aromatic N) is 4. The zero-order valence-electron chi connectivity index (χ0n) is 13.4. The Bertz CT molecular complexity index is 993. The van der Waals surface area contributed by atoms with E-state index >= 15 is 0 Å². The van der Waals surface area contributed by atoms with Gasteiger partial charge in [-0.15, -0.1) is 11.3 Å².